The van der Waals surface area contributed by atoms with Crippen LogP contribution in [0.1, 0.15) is 23.6 Å². The smallest absolute Gasteiger partial charge is 0.146 e. The zero-order valence-electron chi connectivity index (χ0n) is 9.88. The van der Waals surface area contributed by atoms with Crippen molar-refractivity contribution in [2.75, 3.05) is 0 Å². The van der Waals surface area contributed by atoms with Gasteiger partial charge in [-0.25, -0.2) is 4.39 Å². The van der Waals surface area contributed by atoms with E-state index < -0.39 is 0 Å². The largest absolute Gasteiger partial charge is 0.271 e. The van der Waals surface area contributed by atoms with E-state index in [4.69, 9.17) is 5.84 Å². The highest BCUT2D eigenvalue weighted by atomic mass is 19.1. The molecule has 0 aliphatic heterocycles. The monoisotopic (exact) mass is 246 g/mol. The third-order valence-corrected chi connectivity index (χ3v) is 2.82. The number of aromatic nitrogens is 2. The van der Waals surface area contributed by atoms with Crippen molar-refractivity contribution in [2.24, 2.45) is 5.84 Å². The lowest BCUT2D eigenvalue weighted by molar-refractivity contribution is 0.483. The lowest BCUT2D eigenvalue weighted by atomic mass is 10.0. The van der Waals surface area contributed by atoms with Crippen LogP contribution in [0.25, 0.3) is 0 Å². The third-order valence-electron chi connectivity index (χ3n) is 2.82. The highest BCUT2D eigenvalue weighted by Crippen LogP contribution is 2.20. The van der Waals surface area contributed by atoms with Gasteiger partial charge in [-0.1, -0.05) is 6.07 Å². The van der Waals surface area contributed by atoms with Gasteiger partial charge in [-0.2, -0.15) is 0 Å². The summed E-state index contributed by atoms with van der Waals surface area (Å²) in [5, 5.41) is 0. The average Bonchev–Trinajstić information content (AvgIpc) is 2.42. The van der Waals surface area contributed by atoms with Gasteiger partial charge in [0.1, 0.15) is 5.82 Å². The van der Waals surface area contributed by atoms with Crippen molar-refractivity contribution in [3.05, 3.63) is 59.9 Å². The van der Waals surface area contributed by atoms with Gasteiger partial charge in [-0.05, 0) is 30.5 Å². The Hall–Kier alpha value is -1.85. The molecule has 0 spiro atoms. The summed E-state index contributed by atoms with van der Waals surface area (Å²) in [6.07, 6.45) is 7.77. The van der Waals surface area contributed by atoms with Crippen LogP contribution in [0.2, 0.25) is 0 Å². The number of nitrogens with zero attached hydrogens (tertiary/aromatic N) is 2. The average molecular weight is 246 g/mol. The minimum Gasteiger partial charge on any atom is -0.271 e. The van der Waals surface area contributed by atoms with Crippen molar-refractivity contribution in [3.63, 3.8) is 0 Å². The molecule has 0 aliphatic rings. The van der Waals surface area contributed by atoms with E-state index in [-0.39, 0.29) is 11.9 Å². The first-order valence-corrected chi connectivity index (χ1v) is 5.75. The summed E-state index contributed by atoms with van der Waals surface area (Å²) in [5.74, 6) is 5.14. The van der Waals surface area contributed by atoms with Crippen LogP contribution >= 0.6 is 0 Å². The van der Waals surface area contributed by atoms with Crippen molar-refractivity contribution < 1.29 is 4.39 Å². The highest BCUT2D eigenvalue weighted by Gasteiger charge is 2.14. The minimum atomic E-state index is -0.341. The molecule has 1 atom stereocenters. The molecule has 0 saturated carbocycles. The van der Waals surface area contributed by atoms with E-state index in [1.807, 2.05) is 12.1 Å². The summed E-state index contributed by atoms with van der Waals surface area (Å²) < 4.78 is 13.6. The number of rotatable bonds is 5. The number of aryl methyl sites for hydroxylation is 1. The number of halogens is 1. The van der Waals surface area contributed by atoms with Crippen LogP contribution in [0.15, 0.2) is 43.0 Å². The van der Waals surface area contributed by atoms with Crippen LogP contribution in [0.4, 0.5) is 4.39 Å². The fourth-order valence-electron chi connectivity index (χ4n) is 1.85. The molecule has 0 amide bonds. The number of hydrogen-bond acceptors (Lipinski definition) is 4. The van der Waals surface area contributed by atoms with Crippen molar-refractivity contribution in [1.29, 1.82) is 0 Å². The number of pyridine rings is 2. The molecule has 0 aromatic carbocycles. The van der Waals surface area contributed by atoms with E-state index in [0.717, 1.165) is 12.0 Å². The summed E-state index contributed by atoms with van der Waals surface area (Å²) in [4.78, 5) is 7.77. The van der Waals surface area contributed by atoms with Crippen molar-refractivity contribution >= 4 is 0 Å². The highest BCUT2D eigenvalue weighted by molar-refractivity contribution is 5.18. The number of nitrogens with one attached hydrogen (secondary N) is 1. The molecule has 1 unspecified atom stereocenters. The van der Waals surface area contributed by atoms with E-state index in [9.17, 15) is 4.39 Å². The van der Waals surface area contributed by atoms with E-state index in [0.29, 0.717) is 12.0 Å². The molecule has 0 aliphatic carbocycles. The first kappa shape index (κ1) is 12.6. The summed E-state index contributed by atoms with van der Waals surface area (Å²) >= 11 is 0. The van der Waals surface area contributed by atoms with Gasteiger partial charge < -0.3 is 0 Å². The van der Waals surface area contributed by atoms with Gasteiger partial charge in [0.05, 0.1) is 6.20 Å². The van der Waals surface area contributed by atoms with Crippen LogP contribution < -0.4 is 11.3 Å². The molecular formula is C13H15FN4. The molecule has 2 rings (SSSR count). The van der Waals surface area contributed by atoms with E-state index in [2.05, 4.69) is 15.4 Å². The zero-order valence-corrected chi connectivity index (χ0v) is 9.88. The third kappa shape index (κ3) is 3.09. The maximum atomic E-state index is 13.6. The predicted octanol–water partition coefficient (Wildman–Crippen LogP) is 1.75. The first-order chi connectivity index (χ1) is 8.81. The summed E-state index contributed by atoms with van der Waals surface area (Å²) in [6, 6.07) is 5.29. The molecule has 2 heterocycles. The van der Waals surface area contributed by atoms with Crippen LogP contribution in [0.3, 0.4) is 0 Å². The lowest BCUT2D eigenvalue weighted by Gasteiger charge is -2.16. The number of hydrogen-bond donors (Lipinski definition) is 2. The Morgan fingerprint density at radius 2 is 2.06 bits per heavy atom. The molecule has 94 valence electrons. The molecular weight excluding hydrogens is 231 g/mol. The summed E-state index contributed by atoms with van der Waals surface area (Å²) in [6.45, 7) is 0. The van der Waals surface area contributed by atoms with E-state index in [1.54, 1.807) is 24.7 Å². The normalized spacial score (nSPS) is 12.3. The molecule has 2 aromatic rings. The number of hydrazine groups is 1. The van der Waals surface area contributed by atoms with Gasteiger partial charge in [0.15, 0.2) is 0 Å². The van der Waals surface area contributed by atoms with Crippen LogP contribution in [-0.4, -0.2) is 9.97 Å². The van der Waals surface area contributed by atoms with Crippen LogP contribution in [-0.2, 0) is 6.42 Å². The molecule has 0 fully saturated rings. The quantitative estimate of drug-likeness (QED) is 0.623. The van der Waals surface area contributed by atoms with Crippen molar-refractivity contribution in [3.8, 4) is 0 Å². The second kappa shape index (κ2) is 6.18. The Labute approximate surface area is 105 Å². The molecule has 5 heteroatoms. The van der Waals surface area contributed by atoms with Gasteiger partial charge >= 0.3 is 0 Å². The summed E-state index contributed by atoms with van der Waals surface area (Å²) in [7, 11) is 0. The van der Waals surface area contributed by atoms with Gasteiger partial charge in [-0.3, -0.25) is 21.2 Å². The predicted molar refractivity (Wildman–Crippen MR) is 66.8 cm³/mol. The van der Waals surface area contributed by atoms with Crippen LogP contribution in [0, 0.1) is 5.82 Å². The summed E-state index contributed by atoms with van der Waals surface area (Å²) in [5.41, 5.74) is 4.28. The van der Waals surface area contributed by atoms with Gasteiger partial charge in [0, 0.05) is 30.2 Å². The molecule has 3 N–H and O–H groups in total. The second-order valence-electron chi connectivity index (χ2n) is 4.02. The molecule has 18 heavy (non-hydrogen) atoms. The maximum absolute atomic E-state index is 13.6. The molecule has 2 aromatic heterocycles. The van der Waals surface area contributed by atoms with E-state index in [1.165, 1.54) is 6.20 Å². The van der Waals surface area contributed by atoms with Crippen molar-refractivity contribution in [2.45, 2.75) is 18.9 Å². The van der Waals surface area contributed by atoms with Gasteiger partial charge in [-0.15, -0.1) is 0 Å². The van der Waals surface area contributed by atoms with Crippen LogP contribution in [0.5, 0.6) is 0 Å². The Balaban J connectivity index is 2.04. The molecule has 0 radical (unpaired) electrons. The fourth-order valence-corrected chi connectivity index (χ4v) is 1.85. The maximum Gasteiger partial charge on any atom is 0.146 e. The Morgan fingerprint density at radius 1 is 1.22 bits per heavy atom. The SMILES string of the molecule is NNC(CCc1cccnc1)c1ccncc1F. The Kier molecular flexibility index (Phi) is 4.33. The number of nitrogens with two attached hydrogens (primary N) is 1. The minimum absolute atomic E-state index is 0.229. The second-order valence-corrected chi connectivity index (χ2v) is 4.02. The Morgan fingerprint density at radius 3 is 2.72 bits per heavy atom. The van der Waals surface area contributed by atoms with E-state index >= 15 is 0 Å². The fraction of sp³-hybridized carbons (Fsp3) is 0.231. The molecule has 0 bridgehead atoms. The topological polar surface area (TPSA) is 63.8 Å². The molecule has 4 nitrogen and oxygen atoms in total. The first-order valence-electron chi connectivity index (χ1n) is 5.75. The Bertz CT molecular complexity index is 489. The zero-order chi connectivity index (χ0) is 12.8. The van der Waals surface area contributed by atoms with Crippen molar-refractivity contribution in [1.82, 2.24) is 15.4 Å². The standard InChI is InChI=1S/C13H15FN4/c14-12-9-17-7-5-11(12)13(18-15)4-3-10-2-1-6-16-8-10/h1-2,5-9,13,18H,3-4,15H2. The van der Waals surface area contributed by atoms with Gasteiger partial charge in [0.25, 0.3) is 0 Å². The lowest BCUT2D eigenvalue weighted by Crippen LogP contribution is -2.29. The molecule has 0 saturated heterocycles. The van der Waals surface area contributed by atoms with Gasteiger partial charge in [0.2, 0.25) is 0 Å².